The fraction of sp³-hybridized carbons (Fsp3) is 0.200. The number of rotatable bonds is 3. The first kappa shape index (κ1) is 10.1. The van der Waals surface area contributed by atoms with Gasteiger partial charge < -0.3 is 10.5 Å². The molecule has 0 spiro atoms. The van der Waals surface area contributed by atoms with Crippen molar-refractivity contribution < 1.29 is 9.53 Å². The van der Waals surface area contributed by atoms with E-state index in [0.717, 1.165) is 0 Å². The van der Waals surface area contributed by atoms with Crippen LogP contribution >= 0.6 is 0 Å². The van der Waals surface area contributed by atoms with Gasteiger partial charge in [-0.15, -0.1) is 0 Å². The van der Waals surface area contributed by atoms with Gasteiger partial charge in [0.15, 0.2) is 6.10 Å². The van der Waals surface area contributed by atoms with Crippen LogP contribution in [0.4, 0.5) is 0 Å². The van der Waals surface area contributed by atoms with Crippen molar-refractivity contribution in [1.82, 2.24) is 0 Å². The molecule has 4 heteroatoms. The minimum absolute atomic E-state index is 0.519. The highest BCUT2D eigenvalue weighted by Crippen LogP contribution is 2.12. The highest BCUT2D eigenvalue weighted by molar-refractivity contribution is 5.78. The molecule has 14 heavy (non-hydrogen) atoms. The van der Waals surface area contributed by atoms with E-state index in [1.54, 1.807) is 31.2 Å². The van der Waals surface area contributed by atoms with Crippen LogP contribution in [0, 0.1) is 11.3 Å². The van der Waals surface area contributed by atoms with Crippen LogP contribution < -0.4 is 10.5 Å². The summed E-state index contributed by atoms with van der Waals surface area (Å²) in [5, 5.41) is 8.53. The van der Waals surface area contributed by atoms with Gasteiger partial charge in [-0.3, -0.25) is 4.79 Å². The fourth-order valence-electron chi connectivity index (χ4n) is 0.870. The molecule has 2 N–H and O–H groups in total. The zero-order valence-electron chi connectivity index (χ0n) is 7.73. The normalized spacial score (nSPS) is 11.4. The average Bonchev–Trinajstić information content (AvgIpc) is 2.19. The first-order chi connectivity index (χ1) is 6.63. The maximum atomic E-state index is 10.7. The van der Waals surface area contributed by atoms with Crippen LogP contribution in [0.5, 0.6) is 5.75 Å². The first-order valence-corrected chi connectivity index (χ1v) is 4.09. The first-order valence-electron chi connectivity index (χ1n) is 4.09. The molecule has 0 aliphatic carbocycles. The predicted octanol–water partition coefficient (Wildman–Crippen LogP) is 0.811. The lowest BCUT2D eigenvalue weighted by molar-refractivity contribution is -0.123. The van der Waals surface area contributed by atoms with Crippen molar-refractivity contribution in [2.24, 2.45) is 5.73 Å². The molecule has 0 aromatic heterocycles. The number of nitrogens with zero attached hydrogens (tertiary/aromatic N) is 1. The van der Waals surface area contributed by atoms with E-state index in [0.29, 0.717) is 11.3 Å². The third kappa shape index (κ3) is 2.49. The van der Waals surface area contributed by atoms with Gasteiger partial charge in [-0.05, 0) is 31.2 Å². The summed E-state index contributed by atoms with van der Waals surface area (Å²) >= 11 is 0. The minimum atomic E-state index is -0.664. The van der Waals surface area contributed by atoms with E-state index >= 15 is 0 Å². The lowest BCUT2D eigenvalue weighted by Crippen LogP contribution is -2.30. The molecule has 0 saturated carbocycles. The third-order valence-corrected chi connectivity index (χ3v) is 1.70. The van der Waals surface area contributed by atoms with Gasteiger partial charge in [0, 0.05) is 0 Å². The summed E-state index contributed by atoms with van der Waals surface area (Å²) in [6.07, 6.45) is -0.664. The number of ether oxygens (including phenoxy) is 1. The molecule has 1 atom stereocenters. The second kappa shape index (κ2) is 4.28. The van der Waals surface area contributed by atoms with Crippen LogP contribution in [0.2, 0.25) is 0 Å². The lowest BCUT2D eigenvalue weighted by atomic mass is 10.2. The molecule has 72 valence electrons. The number of hydrogen-bond acceptors (Lipinski definition) is 3. The summed E-state index contributed by atoms with van der Waals surface area (Å²) in [6, 6.07) is 8.46. The van der Waals surface area contributed by atoms with Crippen molar-refractivity contribution in [1.29, 1.82) is 5.26 Å². The highest BCUT2D eigenvalue weighted by Gasteiger charge is 2.09. The molecule has 0 saturated heterocycles. The molecular formula is C10H10N2O2. The van der Waals surface area contributed by atoms with Crippen molar-refractivity contribution >= 4 is 5.91 Å². The predicted molar refractivity (Wildman–Crippen MR) is 50.4 cm³/mol. The molecule has 0 aliphatic heterocycles. The van der Waals surface area contributed by atoms with Crippen LogP contribution in [-0.4, -0.2) is 12.0 Å². The molecule has 1 rings (SSSR count). The highest BCUT2D eigenvalue weighted by atomic mass is 16.5. The largest absolute Gasteiger partial charge is 0.481 e. The second-order valence-electron chi connectivity index (χ2n) is 2.80. The summed E-state index contributed by atoms with van der Waals surface area (Å²) < 4.78 is 5.19. The summed E-state index contributed by atoms with van der Waals surface area (Å²) in [6.45, 7) is 1.57. The van der Waals surface area contributed by atoms with E-state index in [1.165, 1.54) is 0 Å². The molecule has 1 aromatic rings. The number of primary amides is 1. The molecule has 0 radical (unpaired) electrons. The van der Waals surface area contributed by atoms with Gasteiger partial charge in [-0.2, -0.15) is 5.26 Å². The number of carbonyl (C=O) groups excluding carboxylic acids is 1. The summed E-state index contributed by atoms with van der Waals surface area (Å²) in [5.41, 5.74) is 5.57. The number of nitrogens with two attached hydrogens (primary N) is 1. The average molecular weight is 190 g/mol. The summed E-state index contributed by atoms with van der Waals surface area (Å²) in [5.74, 6) is 0.00431. The van der Waals surface area contributed by atoms with E-state index in [4.69, 9.17) is 15.7 Å². The number of benzene rings is 1. The zero-order chi connectivity index (χ0) is 10.6. The van der Waals surface area contributed by atoms with E-state index in [2.05, 4.69) is 0 Å². The van der Waals surface area contributed by atoms with E-state index in [9.17, 15) is 4.79 Å². The van der Waals surface area contributed by atoms with Gasteiger partial charge in [0.25, 0.3) is 5.91 Å². The molecule has 4 nitrogen and oxygen atoms in total. The molecule has 1 aromatic carbocycles. The minimum Gasteiger partial charge on any atom is -0.481 e. The van der Waals surface area contributed by atoms with Crippen LogP contribution in [0.25, 0.3) is 0 Å². The standard InChI is InChI=1S/C10H10N2O2/c1-7(10(12)13)14-9-4-2-8(6-11)3-5-9/h2-5,7H,1H3,(H2,12,13)/t7-/m1/s1. The van der Waals surface area contributed by atoms with Gasteiger partial charge in [-0.1, -0.05) is 0 Å². The van der Waals surface area contributed by atoms with Gasteiger partial charge in [0.2, 0.25) is 0 Å². The second-order valence-corrected chi connectivity index (χ2v) is 2.80. The van der Waals surface area contributed by atoms with Crippen molar-refractivity contribution in [3.8, 4) is 11.8 Å². The van der Waals surface area contributed by atoms with Gasteiger partial charge in [0.05, 0.1) is 11.6 Å². The maximum Gasteiger partial charge on any atom is 0.258 e. The van der Waals surface area contributed by atoms with E-state index in [-0.39, 0.29) is 0 Å². The third-order valence-electron chi connectivity index (χ3n) is 1.70. The Kier molecular flexibility index (Phi) is 3.08. The van der Waals surface area contributed by atoms with Crippen molar-refractivity contribution in [3.05, 3.63) is 29.8 Å². The Morgan fingerprint density at radius 3 is 2.50 bits per heavy atom. The Bertz CT molecular complexity index is 365. The van der Waals surface area contributed by atoms with Crippen LogP contribution in [0.1, 0.15) is 12.5 Å². The summed E-state index contributed by atoms with van der Waals surface area (Å²) in [7, 11) is 0. The molecule has 0 fully saturated rings. The van der Waals surface area contributed by atoms with E-state index in [1.807, 2.05) is 6.07 Å². The smallest absolute Gasteiger partial charge is 0.258 e. The fourth-order valence-corrected chi connectivity index (χ4v) is 0.870. The van der Waals surface area contributed by atoms with Gasteiger partial charge in [-0.25, -0.2) is 0 Å². The number of carbonyl (C=O) groups is 1. The molecule has 0 bridgehead atoms. The summed E-state index contributed by atoms with van der Waals surface area (Å²) in [4.78, 5) is 10.7. The van der Waals surface area contributed by atoms with Crippen molar-refractivity contribution in [2.45, 2.75) is 13.0 Å². The Morgan fingerprint density at radius 1 is 1.50 bits per heavy atom. The monoisotopic (exact) mass is 190 g/mol. The van der Waals surface area contributed by atoms with Gasteiger partial charge in [0.1, 0.15) is 5.75 Å². The van der Waals surface area contributed by atoms with Crippen LogP contribution in [0.3, 0.4) is 0 Å². The maximum absolute atomic E-state index is 10.7. The lowest BCUT2D eigenvalue weighted by Gasteiger charge is -2.10. The van der Waals surface area contributed by atoms with Gasteiger partial charge >= 0.3 is 0 Å². The number of hydrogen-bond donors (Lipinski definition) is 1. The SMILES string of the molecule is C[C@@H](Oc1ccc(C#N)cc1)C(N)=O. The molecule has 0 unspecified atom stereocenters. The Hall–Kier alpha value is -2.02. The van der Waals surface area contributed by atoms with Crippen LogP contribution in [-0.2, 0) is 4.79 Å². The van der Waals surface area contributed by atoms with E-state index < -0.39 is 12.0 Å². The Balaban J connectivity index is 2.70. The van der Waals surface area contributed by atoms with Crippen molar-refractivity contribution in [2.75, 3.05) is 0 Å². The topological polar surface area (TPSA) is 76.1 Å². The molecule has 1 amide bonds. The number of amides is 1. The molecular weight excluding hydrogens is 180 g/mol. The zero-order valence-corrected chi connectivity index (χ0v) is 7.73. The number of nitriles is 1. The molecule has 0 aliphatic rings. The Morgan fingerprint density at radius 2 is 2.07 bits per heavy atom. The van der Waals surface area contributed by atoms with Crippen LogP contribution in [0.15, 0.2) is 24.3 Å². The quantitative estimate of drug-likeness (QED) is 0.766. The molecule has 0 heterocycles. The Labute approximate surface area is 81.9 Å². The van der Waals surface area contributed by atoms with Crippen molar-refractivity contribution in [3.63, 3.8) is 0 Å².